The van der Waals surface area contributed by atoms with Crippen molar-refractivity contribution in [2.45, 2.75) is 38.3 Å². The van der Waals surface area contributed by atoms with Crippen molar-refractivity contribution >= 4 is 17.5 Å². The number of amides is 1. The Kier molecular flexibility index (Phi) is 5.92. The predicted molar refractivity (Wildman–Crippen MR) is 91.4 cm³/mol. The van der Waals surface area contributed by atoms with Crippen LogP contribution in [0, 0.1) is 5.92 Å². The van der Waals surface area contributed by atoms with Gasteiger partial charge in [-0.25, -0.2) is 0 Å². The van der Waals surface area contributed by atoms with Crippen LogP contribution in [0.15, 0.2) is 24.3 Å². The van der Waals surface area contributed by atoms with E-state index in [9.17, 15) is 4.79 Å². The summed E-state index contributed by atoms with van der Waals surface area (Å²) in [5.41, 5.74) is 1.23. The molecule has 1 atom stereocenters. The first-order chi connectivity index (χ1) is 11.2. The minimum absolute atomic E-state index is 0.145. The van der Waals surface area contributed by atoms with E-state index in [2.05, 4.69) is 16.3 Å². The number of likely N-dealkylation sites (tertiary alicyclic amines) is 1. The van der Waals surface area contributed by atoms with Crippen LogP contribution in [0.4, 0.5) is 0 Å². The van der Waals surface area contributed by atoms with Crippen molar-refractivity contribution < 1.29 is 9.53 Å². The van der Waals surface area contributed by atoms with Gasteiger partial charge in [0.1, 0.15) is 0 Å². The third-order valence-electron chi connectivity index (χ3n) is 4.78. The van der Waals surface area contributed by atoms with E-state index in [1.54, 1.807) is 0 Å². The fourth-order valence-corrected chi connectivity index (χ4v) is 3.62. The third kappa shape index (κ3) is 4.93. The van der Waals surface area contributed by atoms with Crippen LogP contribution in [0.3, 0.4) is 0 Å². The number of rotatable bonds is 5. The zero-order valence-corrected chi connectivity index (χ0v) is 14.2. The summed E-state index contributed by atoms with van der Waals surface area (Å²) in [4.78, 5) is 14.7. The van der Waals surface area contributed by atoms with Gasteiger partial charge >= 0.3 is 0 Å². The third-order valence-corrected chi connectivity index (χ3v) is 5.02. The average molecular weight is 337 g/mol. The van der Waals surface area contributed by atoms with Crippen LogP contribution in [0.5, 0.6) is 0 Å². The summed E-state index contributed by atoms with van der Waals surface area (Å²) in [6.45, 7) is 4.34. The highest BCUT2D eigenvalue weighted by atomic mass is 35.5. The summed E-state index contributed by atoms with van der Waals surface area (Å²) in [6, 6.07) is 8.01. The minimum Gasteiger partial charge on any atom is -0.376 e. The highest BCUT2D eigenvalue weighted by molar-refractivity contribution is 6.30. The van der Waals surface area contributed by atoms with E-state index < -0.39 is 0 Å². The number of carbonyl (C=O) groups is 1. The van der Waals surface area contributed by atoms with Crippen molar-refractivity contribution in [3.63, 3.8) is 0 Å². The molecule has 0 spiro atoms. The van der Waals surface area contributed by atoms with Crippen LogP contribution >= 0.6 is 11.6 Å². The Morgan fingerprint density at radius 1 is 1.30 bits per heavy atom. The van der Waals surface area contributed by atoms with E-state index in [0.717, 1.165) is 56.9 Å². The largest absolute Gasteiger partial charge is 0.376 e. The van der Waals surface area contributed by atoms with Crippen LogP contribution < -0.4 is 5.32 Å². The molecule has 0 bridgehead atoms. The number of nitrogens with zero attached hydrogens (tertiary/aromatic N) is 1. The fourth-order valence-electron chi connectivity index (χ4n) is 3.41. The van der Waals surface area contributed by atoms with Gasteiger partial charge in [0.15, 0.2) is 0 Å². The molecular weight excluding hydrogens is 312 g/mol. The monoisotopic (exact) mass is 336 g/mol. The maximum absolute atomic E-state index is 12.3. The summed E-state index contributed by atoms with van der Waals surface area (Å²) in [5, 5.41) is 3.85. The topological polar surface area (TPSA) is 41.6 Å². The maximum Gasteiger partial charge on any atom is 0.223 e. The highest BCUT2D eigenvalue weighted by Crippen LogP contribution is 2.20. The summed E-state index contributed by atoms with van der Waals surface area (Å²) >= 11 is 6.03. The van der Waals surface area contributed by atoms with Crippen molar-refractivity contribution in [2.24, 2.45) is 5.92 Å². The molecule has 2 saturated heterocycles. The second kappa shape index (κ2) is 8.13. The first-order valence-electron chi connectivity index (χ1n) is 8.57. The van der Waals surface area contributed by atoms with E-state index in [0.29, 0.717) is 6.54 Å². The van der Waals surface area contributed by atoms with E-state index in [1.165, 1.54) is 5.56 Å². The van der Waals surface area contributed by atoms with Crippen LogP contribution in [0.25, 0.3) is 0 Å². The lowest BCUT2D eigenvalue weighted by atomic mass is 9.95. The van der Waals surface area contributed by atoms with Gasteiger partial charge in [-0.15, -0.1) is 0 Å². The van der Waals surface area contributed by atoms with Gasteiger partial charge in [-0.05, 0) is 56.5 Å². The average Bonchev–Trinajstić information content (AvgIpc) is 3.07. The van der Waals surface area contributed by atoms with Crippen LogP contribution in [-0.4, -0.2) is 43.2 Å². The molecule has 23 heavy (non-hydrogen) atoms. The molecule has 0 aliphatic carbocycles. The van der Waals surface area contributed by atoms with Crippen LogP contribution in [0.2, 0.25) is 5.02 Å². The lowest BCUT2D eigenvalue weighted by Crippen LogP contribution is -2.42. The predicted octanol–water partition coefficient (Wildman–Crippen LogP) is 2.85. The quantitative estimate of drug-likeness (QED) is 0.899. The number of nitrogens with one attached hydrogen (secondary N) is 1. The van der Waals surface area contributed by atoms with E-state index in [1.807, 2.05) is 18.2 Å². The first kappa shape index (κ1) is 16.7. The van der Waals surface area contributed by atoms with Crippen molar-refractivity contribution in [3.8, 4) is 0 Å². The summed E-state index contributed by atoms with van der Waals surface area (Å²) in [5.74, 6) is 0.343. The molecule has 3 rings (SSSR count). The molecule has 1 aromatic carbocycles. The van der Waals surface area contributed by atoms with Crippen molar-refractivity contribution in [1.29, 1.82) is 0 Å². The second-order valence-electron chi connectivity index (χ2n) is 6.56. The lowest BCUT2D eigenvalue weighted by Gasteiger charge is -2.31. The zero-order valence-electron chi connectivity index (χ0n) is 13.5. The van der Waals surface area contributed by atoms with Gasteiger partial charge in [0.05, 0.1) is 6.10 Å². The lowest BCUT2D eigenvalue weighted by molar-refractivity contribution is -0.127. The number of hydrogen-bond acceptors (Lipinski definition) is 3. The van der Waals surface area contributed by atoms with Crippen molar-refractivity contribution in [3.05, 3.63) is 34.9 Å². The zero-order chi connectivity index (χ0) is 16.1. The Labute approximate surface area is 143 Å². The van der Waals surface area contributed by atoms with Crippen LogP contribution in [0.1, 0.15) is 31.2 Å². The first-order valence-corrected chi connectivity index (χ1v) is 8.94. The van der Waals surface area contributed by atoms with E-state index in [4.69, 9.17) is 16.3 Å². The molecule has 5 heteroatoms. The molecule has 1 aromatic rings. The summed E-state index contributed by atoms with van der Waals surface area (Å²) in [7, 11) is 0. The van der Waals surface area contributed by atoms with Crippen molar-refractivity contribution in [1.82, 2.24) is 10.2 Å². The Balaban J connectivity index is 1.40. The van der Waals surface area contributed by atoms with Gasteiger partial charge in [0, 0.05) is 30.6 Å². The number of ether oxygens (including phenoxy) is 1. The maximum atomic E-state index is 12.3. The molecule has 4 nitrogen and oxygen atoms in total. The molecule has 2 aliphatic rings. The summed E-state index contributed by atoms with van der Waals surface area (Å²) < 4.78 is 5.55. The van der Waals surface area contributed by atoms with Crippen LogP contribution in [-0.2, 0) is 16.1 Å². The molecule has 0 aromatic heterocycles. The highest BCUT2D eigenvalue weighted by Gasteiger charge is 2.26. The Morgan fingerprint density at radius 3 is 2.83 bits per heavy atom. The molecule has 126 valence electrons. The number of benzene rings is 1. The van der Waals surface area contributed by atoms with E-state index >= 15 is 0 Å². The molecule has 2 heterocycles. The van der Waals surface area contributed by atoms with Gasteiger partial charge in [0.25, 0.3) is 0 Å². The number of piperidine rings is 1. The number of hydrogen-bond donors (Lipinski definition) is 1. The Hall–Kier alpha value is -1.10. The van der Waals surface area contributed by atoms with Gasteiger partial charge in [-0.3, -0.25) is 9.69 Å². The smallest absolute Gasteiger partial charge is 0.223 e. The molecule has 1 unspecified atom stereocenters. The van der Waals surface area contributed by atoms with Gasteiger partial charge in [-0.1, -0.05) is 23.7 Å². The molecule has 2 fully saturated rings. The molecule has 1 N–H and O–H groups in total. The summed E-state index contributed by atoms with van der Waals surface area (Å²) in [6.07, 6.45) is 4.26. The number of carbonyl (C=O) groups excluding carboxylic acids is 1. The SMILES string of the molecule is O=C(NCC1CCCO1)C1CCN(Cc2cccc(Cl)c2)CC1. The van der Waals surface area contributed by atoms with E-state index in [-0.39, 0.29) is 17.9 Å². The Morgan fingerprint density at radius 2 is 2.13 bits per heavy atom. The fraction of sp³-hybridized carbons (Fsp3) is 0.611. The molecule has 2 aliphatic heterocycles. The minimum atomic E-state index is 0.145. The molecule has 0 saturated carbocycles. The van der Waals surface area contributed by atoms with Crippen molar-refractivity contribution in [2.75, 3.05) is 26.2 Å². The normalized spacial score (nSPS) is 23.1. The number of halogens is 1. The van der Waals surface area contributed by atoms with Gasteiger partial charge < -0.3 is 10.1 Å². The standard InChI is InChI=1S/C18H25ClN2O2/c19-16-4-1-3-14(11-16)13-21-8-6-15(7-9-21)18(22)20-12-17-5-2-10-23-17/h1,3-4,11,15,17H,2,5-10,12-13H2,(H,20,22). The molecule has 0 radical (unpaired) electrons. The van der Waals surface area contributed by atoms with Gasteiger partial charge in [0.2, 0.25) is 5.91 Å². The second-order valence-corrected chi connectivity index (χ2v) is 7.00. The Bertz CT molecular complexity index is 524. The molecular formula is C18H25ClN2O2. The van der Waals surface area contributed by atoms with Gasteiger partial charge in [-0.2, -0.15) is 0 Å². The molecule has 1 amide bonds.